The molecule has 8 heteroatoms. The standard InChI is InChI=1S/C22H25N5O3/c1-14-12-27(13-15(2)30-14)22-23-9-8-20(26-22)25-19-10-17(11-24-21(19)28)16-4-6-18(29-3)7-5-16/h4-11,14-15H,12-13H2,1-3H3,(H,24,28)(H,23,25,26)/t14-,15+. The molecule has 8 nitrogen and oxygen atoms in total. The lowest BCUT2D eigenvalue weighted by Gasteiger charge is -2.35. The second-order valence-corrected chi connectivity index (χ2v) is 7.39. The summed E-state index contributed by atoms with van der Waals surface area (Å²) in [5, 5.41) is 3.13. The monoisotopic (exact) mass is 407 g/mol. The van der Waals surface area contributed by atoms with Crippen LogP contribution in [0.15, 0.2) is 53.6 Å². The number of methoxy groups -OCH3 is 1. The van der Waals surface area contributed by atoms with Crippen LogP contribution in [-0.4, -0.2) is 47.4 Å². The third kappa shape index (κ3) is 4.44. The topological polar surface area (TPSA) is 92.4 Å². The molecule has 1 saturated heterocycles. The molecule has 0 bridgehead atoms. The number of nitrogens with one attached hydrogen (secondary N) is 2. The van der Waals surface area contributed by atoms with Crippen molar-refractivity contribution in [1.82, 2.24) is 15.0 Å². The van der Waals surface area contributed by atoms with Crippen molar-refractivity contribution in [3.63, 3.8) is 0 Å². The number of hydrogen-bond acceptors (Lipinski definition) is 7. The van der Waals surface area contributed by atoms with Crippen LogP contribution in [0, 0.1) is 0 Å². The lowest BCUT2D eigenvalue weighted by atomic mass is 10.1. The van der Waals surface area contributed by atoms with Gasteiger partial charge in [-0.2, -0.15) is 4.98 Å². The summed E-state index contributed by atoms with van der Waals surface area (Å²) < 4.78 is 11.0. The first-order chi connectivity index (χ1) is 14.5. The van der Waals surface area contributed by atoms with E-state index in [1.165, 1.54) is 0 Å². The average molecular weight is 407 g/mol. The molecule has 1 aromatic carbocycles. The number of ether oxygens (including phenoxy) is 2. The van der Waals surface area contributed by atoms with Crippen molar-refractivity contribution in [2.45, 2.75) is 26.1 Å². The van der Waals surface area contributed by atoms with Crippen molar-refractivity contribution in [3.8, 4) is 16.9 Å². The van der Waals surface area contributed by atoms with Crippen molar-refractivity contribution < 1.29 is 9.47 Å². The Morgan fingerprint density at radius 2 is 1.87 bits per heavy atom. The smallest absolute Gasteiger partial charge is 0.271 e. The van der Waals surface area contributed by atoms with Gasteiger partial charge in [0.05, 0.1) is 19.3 Å². The Balaban J connectivity index is 1.57. The fraction of sp³-hybridized carbons (Fsp3) is 0.318. The minimum atomic E-state index is -0.221. The number of anilines is 3. The van der Waals surface area contributed by atoms with Crippen LogP contribution in [0.2, 0.25) is 0 Å². The lowest BCUT2D eigenvalue weighted by molar-refractivity contribution is -0.00571. The van der Waals surface area contributed by atoms with Gasteiger partial charge in [0.15, 0.2) is 0 Å². The SMILES string of the molecule is COc1ccc(-c2c[nH]c(=O)c(Nc3ccnc(N4C[C@@H](C)O[C@@H](C)C4)n3)c2)cc1. The van der Waals surface area contributed by atoms with Crippen LogP contribution in [0.25, 0.3) is 11.1 Å². The Labute approximate surface area is 174 Å². The number of hydrogen-bond donors (Lipinski definition) is 2. The van der Waals surface area contributed by atoms with Gasteiger partial charge < -0.3 is 24.7 Å². The molecule has 0 aliphatic carbocycles. The number of aromatic amines is 1. The Kier molecular flexibility index (Phi) is 5.67. The van der Waals surface area contributed by atoms with E-state index < -0.39 is 0 Å². The lowest BCUT2D eigenvalue weighted by Crippen LogP contribution is -2.46. The Morgan fingerprint density at radius 1 is 1.13 bits per heavy atom. The maximum atomic E-state index is 12.4. The van der Waals surface area contributed by atoms with E-state index in [9.17, 15) is 4.79 Å². The number of rotatable bonds is 5. The second-order valence-electron chi connectivity index (χ2n) is 7.39. The molecule has 2 atom stereocenters. The summed E-state index contributed by atoms with van der Waals surface area (Å²) in [5.41, 5.74) is 2.04. The van der Waals surface area contributed by atoms with E-state index in [4.69, 9.17) is 9.47 Å². The molecule has 0 spiro atoms. The Morgan fingerprint density at radius 3 is 2.57 bits per heavy atom. The first-order valence-electron chi connectivity index (χ1n) is 9.89. The highest BCUT2D eigenvalue weighted by molar-refractivity contribution is 5.69. The maximum Gasteiger partial charge on any atom is 0.271 e. The van der Waals surface area contributed by atoms with Crippen LogP contribution in [0.5, 0.6) is 5.75 Å². The number of pyridine rings is 1. The molecular formula is C22H25N5O3. The summed E-state index contributed by atoms with van der Waals surface area (Å²) in [6, 6.07) is 11.2. The number of aromatic nitrogens is 3. The molecule has 2 N–H and O–H groups in total. The van der Waals surface area contributed by atoms with E-state index in [0.29, 0.717) is 17.5 Å². The summed E-state index contributed by atoms with van der Waals surface area (Å²) >= 11 is 0. The first kappa shape index (κ1) is 19.9. The normalized spacial score (nSPS) is 18.8. The third-order valence-corrected chi connectivity index (χ3v) is 4.93. The van der Waals surface area contributed by atoms with E-state index in [1.54, 1.807) is 31.6 Å². The fourth-order valence-corrected chi connectivity index (χ4v) is 3.58. The molecule has 1 aliphatic heterocycles. The molecule has 0 radical (unpaired) electrons. The molecule has 1 aliphatic rings. The van der Waals surface area contributed by atoms with E-state index >= 15 is 0 Å². The van der Waals surface area contributed by atoms with Crippen LogP contribution >= 0.6 is 0 Å². The first-order valence-corrected chi connectivity index (χ1v) is 9.89. The number of H-pyrrole nitrogens is 1. The number of morpholine rings is 1. The summed E-state index contributed by atoms with van der Waals surface area (Å²) in [6.07, 6.45) is 3.60. The van der Waals surface area contributed by atoms with E-state index in [-0.39, 0.29) is 17.8 Å². The largest absolute Gasteiger partial charge is 0.497 e. The molecular weight excluding hydrogens is 382 g/mol. The predicted molar refractivity (Wildman–Crippen MR) is 117 cm³/mol. The van der Waals surface area contributed by atoms with Gasteiger partial charge in [0.25, 0.3) is 5.56 Å². The van der Waals surface area contributed by atoms with Gasteiger partial charge in [-0.3, -0.25) is 4.79 Å². The third-order valence-electron chi connectivity index (χ3n) is 4.93. The highest BCUT2D eigenvalue weighted by atomic mass is 16.5. The predicted octanol–water partition coefficient (Wildman–Crippen LogP) is 3.20. The van der Waals surface area contributed by atoms with Gasteiger partial charge in [-0.15, -0.1) is 0 Å². The van der Waals surface area contributed by atoms with Gasteiger partial charge in [-0.05, 0) is 43.7 Å². The maximum absolute atomic E-state index is 12.4. The number of nitrogens with zero attached hydrogens (tertiary/aromatic N) is 3. The molecule has 30 heavy (non-hydrogen) atoms. The van der Waals surface area contributed by atoms with Gasteiger partial charge in [0.1, 0.15) is 17.3 Å². The summed E-state index contributed by atoms with van der Waals surface area (Å²) in [6.45, 7) is 5.52. The number of benzene rings is 1. The van der Waals surface area contributed by atoms with Crippen LogP contribution in [0.3, 0.4) is 0 Å². The van der Waals surface area contributed by atoms with Crippen LogP contribution in [0.4, 0.5) is 17.5 Å². The van der Waals surface area contributed by atoms with E-state index in [1.807, 2.05) is 38.1 Å². The van der Waals surface area contributed by atoms with Crippen molar-refractivity contribution in [2.24, 2.45) is 0 Å². The van der Waals surface area contributed by atoms with Crippen LogP contribution in [-0.2, 0) is 4.74 Å². The zero-order valence-corrected chi connectivity index (χ0v) is 17.3. The quantitative estimate of drug-likeness (QED) is 0.671. The van der Waals surface area contributed by atoms with Gasteiger partial charge in [-0.1, -0.05) is 12.1 Å². The van der Waals surface area contributed by atoms with E-state index in [2.05, 4.69) is 25.2 Å². The molecule has 3 aromatic rings. The minimum absolute atomic E-state index is 0.109. The van der Waals surface area contributed by atoms with Crippen LogP contribution in [0.1, 0.15) is 13.8 Å². The molecule has 0 amide bonds. The van der Waals surface area contributed by atoms with Crippen molar-refractivity contribution in [3.05, 3.63) is 59.1 Å². The fourth-order valence-electron chi connectivity index (χ4n) is 3.58. The highest BCUT2D eigenvalue weighted by Crippen LogP contribution is 2.24. The van der Waals surface area contributed by atoms with Gasteiger partial charge in [0.2, 0.25) is 5.95 Å². The molecule has 1 fully saturated rings. The van der Waals surface area contributed by atoms with Crippen molar-refractivity contribution >= 4 is 17.5 Å². The Hall–Kier alpha value is -3.39. The van der Waals surface area contributed by atoms with Gasteiger partial charge in [0, 0.05) is 31.0 Å². The molecule has 0 unspecified atom stereocenters. The minimum Gasteiger partial charge on any atom is -0.497 e. The molecule has 4 rings (SSSR count). The average Bonchev–Trinajstić information content (AvgIpc) is 2.75. The summed E-state index contributed by atoms with van der Waals surface area (Å²) in [4.78, 5) is 26.3. The second kappa shape index (κ2) is 8.54. The van der Waals surface area contributed by atoms with Crippen molar-refractivity contribution in [2.75, 3.05) is 30.4 Å². The summed E-state index contributed by atoms with van der Waals surface area (Å²) in [7, 11) is 1.63. The van der Waals surface area contributed by atoms with Crippen molar-refractivity contribution in [1.29, 1.82) is 0 Å². The zero-order chi connectivity index (χ0) is 21.1. The Bertz CT molecular complexity index is 1060. The van der Waals surface area contributed by atoms with Crippen LogP contribution < -0.4 is 20.5 Å². The zero-order valence-electron chi connectivity index (χ0n) is 17.3. The summed E-state index contributed by atoms with van der Waals surface area (Å²) in [5.74, 6) is 1.95. The van der Waals surface area contributed by atoms with Gasteiger partial charge in [-0.25, -0.2) is 4.98 Å². The highest BCUT2D eigenvalue weighted by Gasteiger charge is 2.24. The molecule has 3 heterocycles. The molecule has 0 saturated carbocycles. The molecule has 156 valence electrons. The van der Waals surface area contributed by atoms with E-state index in [0.717, 1.165) is 30.0 Å². The van der Waals surface area contributed by atoms with Gasteiger partial charge >= 0.3 is 0 Å². The molecule has 2 aromatic heterocycles.